The minimum Gasteiger partial charge on any atom is -0.475 e. The van der Waals surface area contributed by atoms with Crippen molar-refractivity contribution in [3.05, 3.63) is 23.9 Å². The largest absolute Gasteiger partial charge is 0.475 e. The van der Waals surface area contributed by atoms with E-state index in [9.17, 15) is 9.59 Å². The van der Waals surface area contributed by atoms with E-state index in [-0.39, 0.29) is 23.2 Å². The normalized spacial score (nSPS) is 10.5. The van der Waals surface area contributed by atoms with Crippen LogP contribution in [0.15, 0.2) is 18.3 Å². The molecule has 7 heteroatoms. The van der Waals surface area contributed by atoms with Crippen molar-refractivity contribution in [3.8, 4) is 0 Å². The molecule has 0 amide bonds. The number of carbonyl (C=O) groups is 2. The van der Waals surface area contributed by atoms with Crippen LogP contribution < -0.4 is 16.7 Å². The summed E-state index contributed by atoms with van der Waals surface area (Å²) in [5, 5.41) is 9.79. The maximum atomic E-state index is 11.3. The number of nitrogens with two attached hydrogens (primary N) is 1. The summed E-state index contributed by atoms with van der Waals surface area (Å²) in [7, 11) is 11.7. The topological polar surface area (TPSA) is 93.3 Å². The number of aromatic nitrogens is 1. The van der Waals surface area contributed by atoms with Crippen LogP contribution in [0.2, 0.25) is 0 Å². The van der Waals surface area contributed by atoms with Gasteiger partial charge in [-0.05, 0) is 11.5 Å². The number of benzene rings is 1. The molecule has 0 aliphatic rings. The first-order chi connectivity index (χ1) is 8.91. The van der Waals surface area contributed by atoms with Crippen LogP contribution in [-0.4, -0.2) is 37.5 Å². The first-order valence-electron chi connectivity index (χ1n) is 5.39. The summed E-state index contributed by atoms with van der Waals surface area (Å²) in [5.74, 6) is -2.22. The second-order valence-electron chi connectivity index (χ2n) is 4.05. The highest BCUT2D eigenvalue weighted by molar-refractivity contribution is 6.46. The van der Waals surface area contributed by atoms with Gasteiger partial charge in [-0.25, -0.2) is 9.78 Å². The van der Waals surface area contributed by atoms with Gasteiger partial charge in [0.05, 0.1) is 0 Å². The molecule has 5 nitrogen and oxygen atoms in total. The molecule has 0 fully saturated rings. The Morgan fingerprint density at radius 3 is 2.63 bits per heavy atom. The average molecular weight is 250 g/mol. The van der Waals surface area contributed by atoms with Crippen molar-refractivity contribution in [2.75, 3.05) is 5.73 Å². The van der Waals surface area contributed by atoms with E-state index < -0.39 is 11.8 Å². The third kappa shape index (κ3) is 2.31. The van der Waals surface area contributed by atoms with E-state index in [1.54, 1.807) is 12.1 Å². The molecule has 4 radical (unpaired) electrons. The van der Waals surface area contributed by atoms with Gasteiger partial charge in [-0.3, -0.25) is 4.79 Å². The zero-order valence-electron chi connectivity index (χ0n) is 9.88. The number of hydrogen-bond acceptors (Lipinski definition) is 4. The lowest BCUT2D eigenvalue weighted by Crippen LogP contribution is -2.29. The lowest BCUT2D eigenvalue weighted by Gasteiger charge is -2.13. The van der Waals surface area contributed by atoms with E-state index in [2.05, 4.69) is 4.98 Å². The predicted molar refractivity (Wildman–Crippen MR) is 73.3 cm³/mol. The Kier molecular flexibility index (Phi) is 3.29. The van der Waals surface area contributed by atoms with E-state index in [0.717, 1.165) is 0 Å². The number of pyridine rings is 1. The molecule has 1 aromatic heterocycles. The molecule has 0 unspecified atom stereocenters. The molecule has 3 N–H and O–H groups in total. The fourth-order valence-corrected chi connectivity index (χ4v) is 1.87. The number of anilines is 1. The zero-order chi connectivity index (χ0) is 14.2. The standard InChI is InChI=1S/C12H8B2N2O3/c13-8-3-6-5(1-2-16-11(6)15)10(14)7(8)4-9(17)12(18)19/h1-3H,4H2,(H2,15,16)(H,18,19). The second-order valence-corrected chi connectivity index (χ2v) is 4.05. The van der Waals surface area contributed by atoms with Crippen LogP contribution >= 0.6 is 0 Å². The van der Waals surface area contributed by atoms with Crippen molar-refractivity contribution in [1.82, 2.24) is 4.98 Å². The first kappa shape index (κ1) is 13.1. The van der Waals surface area contributed by atoms with Gasteiger partial charge in [-0.15, -0.1) is 0 Å². The minimum absolute atomic E-state index is 0.222. The van der Waals surface area contributed by atoms with Gasteiger partial charge in [-0.1, -0.05) is 22.6 Å². The minimum atomic E-state index is -1.52. The van der Waals surface area contributed by atoms with Crippen molar-refractivity contribution in [2.45, 2.75) is 6.42 Å². The Hall–Kier alpha value is -2.30. The number of aliphatic carboxylic acids is 1. The van der Waals surface area contributed by atoms with Gasteiger partial charge in [0, 0.05) is 18.0 Å². The molecule has 1 heterocycles. The number of nitrogen functional groups attached to an aromatic ring is 1. The van der Waals surface area contributed by atoms with Crippen LogP contribution in [0.5, 0.6) is 0 Å². The van der Waals surface area contributed by atoms with E-state index in [0.29, 0.717) is 16.3 Å². The van der Waals surface area contributed by atoms with Gasteiger partial charge in [0.1, 0.15) is 21.5 Å². The van der Waals surface area contributed by atoms with Crippen LogP contribution in [0.4, 0.5) is 5.82 Å². The van der Waals surface area contributed by atoms with Crippen molar-refractivity contribution in [1.29, 1.82) is 0 Å². The Bertz CT molecular complexity index is 701. The molecule has 90 valence electrons. The summed E-state index contributed by atoms with van der Waals surface area (Å²) in [6.07, 6.45) is 1.12. The fourth-order valence-electron chi connectivity index (χ4n) is 1.87. The van der Waals surface area contributed by atoms with Gasteiger partial charge in [0.2, 0.25) is 5.78 Å². The number of carbonyl (C=O) groups excluding carboxylic acids is 1. The highest BCUT2D eigenvalue weighted by Gasteiger charge is 2.16. The molecular weight excluding hydrogens is 242 g/mol. The van der Waals surface area contributed by atoms with Crippen LogP contribution in [0, 0.1) is 0 Å². The van der Waals surface area contributed by atoms with Gasteiger partial charge in [-0.2, -0.15) is 0 Å². The number of Topliss-reactive ketones (excluding diaryl/α,β-unsaturated/α-hetero) is 1. The Morgan fingerprint density at radius 2 is 2.00 bits per heavy atom. The summed E-state index contributed by atoms with van der Waals surface area (Å²) in [6, 6.07) is 3.17. The van der Waals surface area contributed by atoms with Gasteiger partial charge >= 0.3 is 5.97 Å². The third-order valence-corrected chi connectivity index (χ3v) is 2.86. The monoisotopic (exact) mass is 250 g/mol. The number of carboxylic acid groups (broad SMARTS) is 1. The van der Waals surface area contributed by atoms with Gasteiger partial charge < -0.3 is 10.8 Å². The Labute approximate surface area is 111 Å². The van der Waals surface area contributed by atoms with Gasteiger partial charge in [0.15, 0.2) is 0 Å². The molecule has 0 bridgehead atoms. The predicted octanol–water partition coefficient (Wildman–Crippen LogP) is -1.40. The van der Waals surface area contributed by atoms with Crippen molar-refractivity contribution in [3.63, 3.8) is 0 Å². The molecule has 19 heavy (non-hydrogen) atoms. The molecule has 0 aliphatic heterocycles. The lowest BCUT2D eigenvalue weighted by atomic mass is 9.76. The molecule has 1 aromatic carbocycles. The highest BCUT2D eigenvalue weighted by atomic mass is 16.4. The molecule has 2 aromatic rings. The average Bonchev–Trinajstić information content (AvgIpc) is 2.35. The maximum absolute atomic E-state index is 11.3. The van der Waals surface area contributed by atoms with Crippen molar-refractivity contribution < 1.29 is 14.7 Å². The van der Waals surface area contributed by atoms with E-state index >= 15 is 0 Å². The SMILES string of the molecule is [B]c1cc2c(N)nccc2c([B])c1CC(=O)C(=O)O. The van der Waals surface area contributed by atoms with Crippen LogP contribution in [0.25, 0.3) is 10.8 Å². The molecule has 0 saturated carbocycles. The lowest BCUT2D eigenvalue weighted by molar-refractivity contribution is -0.148. The maximum Gasteiger partial charge on any atom is 0.372 e. The number of fused-ring (bicyclic) bond motifs is 1. The second kappa shape index (κ2) is 4.76. The van der Waals surface area contributed by atoms with E-state index in [1.165, 1.54) is 6.20 Å². The summed E-state index contributed by atoms with van der Waals surface area (Å²) in [4.78, 5) is 25.8. The smallest absolute Gasteiger partial charge is 0.372 e. The third-order valence-electron chi connectivity index (χ3n) is 2.86. The number of rotatable bonds is 3. The Morgan fingerprint density at radius 1 is 1.32 bits per heavy atom. The van der Waals surface area contributed by atoms with Crippen LogP contribution in [0.3, 0.4) is 0 Å². The molecule has 0 spiro atoms. The summed E-state index contributed by atoms with van der Waals surface area (Å²) >= 11 is 0. The molecule has 0 saturated heterocycles. The van der Waals surface area contributed by atoms with Crippen molar-refractivity contribution in [2.24, 2.45) is 0 Å². The fraction of sp³-hybridized carbons (Fsp3) is 0.0833. The van der Waals surface area contributed by atoms with Crippen LogP contribution in [-0.2, 0) is 16.0 Å². The zero-order valence-corrected chi connectivity index (χ0v) is 9.88. The highest BCUT2D eigenvalue weighted by Crippen LogP contribution is 2.16. The number of nitrogens with zero attached hydrogens (tertiary/aromatic N) is 1. The van der Waals surface area contributed by atoms with E-state index in [1.807, 2.05) is 0 Å². The quantitative estimate of drug-likeness (QED) is 0.516. The molecule has 0 atom stereocenters. The molecule has 0 aliphatic carbocycles. The number of carboxylic acids is 1. The van der Waals surface area contributed by atoms with E-state index in [4.69, 9.17) is 26.5 Å². The Balaban J connectivity index is 2.63. The number of ketones is 1. The summed E-state index contributed by atoms with van der Waals surface area (Å²) in [6.45, 7) is 0. The molecule has 2 rings (SSSR count). The summed E-state index contributed by atoms with van der Waals surface area (Å²) in [5.41, 5.74) is 6.48. The first-order valence-corrected chi connectivity index (χ1v) is 5.39. The summed E-state index contributed by atoms with van der Waals surface area (Å²) < 4.78 is 0. The number of hydrogen-bond donors (Lipinski definition) is 2. The van der Waals surface area contributed by atoms with Crippen LogP contribution in [0.1, 0.15) is 5.56 Å². The van der Waals surface area contributed by atoms with Crippen molar-refractivity contribution >= 4 is 55.0 Å². The molecular formula is C12H8B2N2O3. The van der Waals surface area contributed by atoms with Gasteiger partial charge in [0.25, 0.3) is 0 Å².